The molecule has 2 nitrogen and oxygen atoms in total. The number of benzene rings is 9. The van der Waals surface area contributed by atoms with Gasteiger partial charge in [0.2, 0.25) is 0 Å². The van der Waals surface area contributed by atoms with Crippen LogP contribution in [0.2, 0.25) is 0 Å². The quantitative estimate of drug-likeness (QED) is 0.108. The van der Waals surface area contributed by atoms with Crippen LogP contribution in [0.25, 0.3) is 43.6 Å². The van der Waals surface area contributed by atoms with E-state index in [9.17, 15) is 0 Å². The third-order valence-corrected chi connectivity index (χ3v) is 21.6. The average molecular weight is 773 g/mol. The molecule has 0 amide bonds. The van der Waals surface area contributed by atoms with Crippen LogP contribution in [-0.2, 0) is 0 Å². The summed E-state index contributed by atoms with van der Waals surface area (Å²) in [6, 6.07) is 91.0. The Kier molecular flexibility index (Phi) is 8.21. The molecular formula is C54H40N2Si2. The molecular weight excluding hydrogens is 733 g/mol. The van der Waals surface area contributed by atoms with Crippen LogP contribution in [0.5, 0.6) is 0 Å². The lowest BCUT2D eigenvalue weighted by Gasteiger charge is -2.37. The largest absolute Gasteiger partial charge is 0.355 e. The maximum atomic E-state index is 2.78. The van der Waals surface area contributed by atoms with Crippen molar-refractivity contribution < 1.29 is 0 Å². The lowest BCUT2D eigenvalue weighted by atomic mass is 10.1. The second-order valence-electron chi connectivity index (χ2n) is 15.2. The molecule has 2 heterocycles. The van der Waals surface area contributed by atoms with Crippen molar-refractivity contribution in [2.24, 2.45) is 0 Å². The Morgan fingerprint density at radius 1 is 0.207 bits per heavy atom. The average Bonchev–Trinajstić information content (AvgIpc) is 3.81. The normalized spacial score (nSPS) is 12.1. The summed E-state index contributed by atoms with van der Waals surface area (Å²) in [5.41, 5.74) is 5.02. The SMILES string of the molecule is c1ccc([Si](c2ccccc2)(c2ccccc2)n2c3ccccc3c3cc4c(cc32)c2ccccc2n4[Si](c2ccccc2)(c2ccccc2)c2ccccc2)cc1. The summed E-state index contributed by atoms with van der Waals surface area (Å²) in [6.07, 6.45) is 0. The predicted octanol–water partition coefficient (Wildman–Crippen LogP) is 8.93. The Hall–Kier alpha value is -6.99. The highest BCUT2D eigenvalue weighted by molar-refractivity contribution is 7.12. The molecule has 0 N–H and O–H groups in total. The van der Waals surface area contributed by atoms with Gasteiger partial charge in [-0.1, -0.05) is 218 Å². The van der Waals surface area contributed by atoms with E-state index in [0.29, 0.717) is 0 Å². The number of nitrogens with zero attached hydrogens (tertiary/aromatic N) is 2. The second kappa shape index (κ2) is 13.9. The Morgan fingerprint density at radius 3 is 0.690 bits per heavy atom. The second-order valence-corrected chi connectivity index (χ2v) is 22.4. The van der Waals surface area contributed by atoms with Crippen LogP contribution in [0.1, 0.15) is 0 Å². The van der Waals surface area contributed by atoms with Gasteiger partial charge in [0.15, 0.2) is 0 Å². The molecule has 0 aliphatic rings. The molecule has 0 radical (unpaired) electrons. The van der Waals surface area contributed by atoms with Gasteiger partial charge in [-0.2, -0.15) is 0 Å². The minimum Gasteiger partial charge on any atom is -0.355 e. The van der Waals surface area contributed by atoms with E-state index < -0.39 is 16.5 Å². The summed E-state index contributed by atoms with van der Waals surface area (Å²) in [7, 11) is -6.00. The van der Waals surface area contributed by atoms with Gasteiger partial charge >= 0.3 is 0 Å². The van der Waals surface area contributed by atoms with Crippen LogP contribution in [0, 0.1) is 0 Å². The van der Waals surface area contributed by atoms with Crippen LogP contribution < -0.4 is 31.1 Å². The molecule has 0 fully saturated rings. The Balaban J connectivity index is 1.36. The van der Waals surface area contributed by atoms with Gasteiger partial charge < -0.3 is 8.47 Å². The number of hydrogen-bond donors (Lipinski definition) is 0. The van der Waals surface area contributed by atoms with Gasteiger partial charge in [-0.15, -0.1) is 0 Å². The Labute approximate surface area is 340 Å². The molecule has 0 atom stereocenters. The summed E-state index contributed by atoms with van der Waals surface area (Å²) < 4.78 is 5.55. The van der Waals surface area contributed by atoms with Gasteiger partial charge in [-0.25, -0.2) is 0 Å². The van der Waals surface area contributed by atoms with Crippen LogP contribution in [0.4, 0.5) is 0 Å². The van der Waals surface area contributed by atoms with Crippen molar-refractivity contribution in [3.8, 4) is 0 Å². The van der Waals surface area contributed by atoms with Crippen molar-refractivity contribution in [1.29, 1.82) is 0 Å². The fourth-order valence-corrected chi connectivity index (χ4v) is 19.8. The van der Waals surface area contributed by atoms with Crippen LogP contribution in [0.15, 0.2) is 243 Å². The summed E-state index contributed by atoms with van der Waals surface area (Å²) in [6.45, 7) is 0. The maximum absolute atomic E-state index is 3.00. The number of para-hydroxylation sites is 2. The van der Waals surface area contributed by atoms with E-state index in [-0.39, 0.29) is 0 Å². The van der Waals surface area contributed by atoms with Crippen LogP contribution in [0.3, 0.4) is 0 Å². The van der Waals surface area contributed by atoms with Crippen LogP contribution in [-0.4, -0.2) is 24.9 Å². The lowest BCUT2D eigenvalue weighted by molar-refractivity contribution is 1.30. The monoisotopic (exact) mass is 772 g/mol. The van der Waals surface area contributed by atoms with Crippen molar-refractivity contribution >= 4 is 91.2 Å². The first kappa shape index (κ1) is 34.3. The highest BCUT2D eigenvalue weighted by atomic mass is 28.3. The maximum Gasteiger partial charge on any atom is 0.257 e. The molecule has 11 aromatic rings. The third-order valence-electron chi connectivity index (χ3n) is 12.3. The van der Waals surface area contributed by atoms with E-state index in [2.05, 4.69) is 251 Å². The van der Waals surface area contributed by atoms with Gasteiger partial charge in [0.05, 0.1) is 0 Å². The first-order valence-electron chi connectivity index (χ1n) is 20.1. The molecule has 0 saturated heterocycles. The zero-order chi connectivity index (χ0) is 38.5. The van der Waals surface area contributed by atoms with E-state index >= 15 is 0 Å². The van der Waals surface area contributed by atoms with Crippen molar-refractivity contribution in [2.45, 2.75) is 0 Å². The zero-order valence-corrected chi connectivity index (χ0v) is 34.0. The molecule has 0 saturated carbocycles. The molecule has 0 aliphatic heterocycles. The number of fused-ring (bicyclic) bond motifs is 6. The number of aromatic nitrogens is 2. The van der Waals surface area contributed by atoms with Gasteiger partial charge in [0.25, 0.3) is 16.5 Å². The number of rotatable bonds is 8. The van der Waals surface area contributed by atoms with Gasteiger partial charge in [0.1, 0.15) is 0 Å². The standard InChI is InChI=1S/C54H40N2Si2/c1-7-23-41(24-8-1)57(42-25-9-2-10-26-42,43-27-11-3-12-28-43)55-51-37-21-19-35-47(51)49-40-54-50(39-53(49)55)48-36-20-22-38-52(48)56(54)58(44-29-13-4-14-30-44,45-31-15-5-16-32-45)46-33-17-6-18-34-46/h1-40H. The minimum atomic E-state index is -3.00. The molecule has 9 aromatic carbocycles. The topological polar surface area (TPSA) is 9.86 Å². The van der Waals surface area contributed by atoms with Crippen molar-refractivity contribution in [2.75, 3.05) is 0 Å². The minimum absolute atomic E-state index is 1.25. The van der Waals surface area contributed by atoms with E-state index in [1.807, 2.05) is 0 Å². The summed E-state index contributed by atoms with van der Waals surface area (Å²) in [5, 5.41) is 13.2. The van der Waals surface area contributed by atoms with Gasteiger partial charge in [0, 0.05) is 43.6 Å². The van der Waals surface area contributed by atoms with Gasteiger partial charge in [-0.3, -0.25) is 0 Å². The van der Waals surface area contributed by atoms with Crippen molar-refractivity contribution in [1.82, 2.24) is 8.47 Å². The summed E-state index contributed by atoms with van der Waals surface area (Å²) in [5.74, 6) is 0. The first-order chi connectivity index (χ1) is 28.8. The summed E-state index contributed by atoms with van der Waals surface area (Å²) >= 11 is 0. The van der Waals surface area contributed by atoms with E-state index in [0.717, 1.165) is 0 Å². The predicted molar refractivity (Wildman–Crippen MR) is 251 cm³/mol. The molecule has 58 heavy (non-hydrogen) atoms. The molecule has 0 spiro atoms. The lowest BCUT2D eigenvalue weighted by Crippen LogP contribution is -2.72. The van der Waals surface area contributed by atoms with Crippen LogP contribution >= 0.6 is 0 Å². The molecule has 0 aliphatic carbocycles. The highest BCUT2D eigenvalue weighted by Crippen LogP contribution is 2.39. The smallest absolute Gasteiger partial charge is 0.257 e. The zero-order valence-electron chi connectivity index (χ0n) is 32.0. The third kappa shape index (κ3) is 4.95. The van der Waals surface area contributed by atoms with Crippen molar-refractivity contribution in [3.63, 3.8) is 0 Å². The fourth-order valence-electron chi connectivity index (χ4n) is 10.0. The summed E-state index contributed by atoms with van der Waals surface area (Å²) in [4.78, 5) is 0. The van der Waals surface area contributed by atoms with Gasteiger partial charge in [-0.05, 0) is 55.4 Å². The number of hydrogen-bond acceptors (Lipinski definition) is 0. The van der Waals surface area contributed by atoms with E-state index in [1.165, 1.54) is 74.7 Å². The molecule has 11 rings (SSSR count). The molecule has 0 unspecified atom stereocenters. The first-order valence-corrected chi connectivity index (χ1v) is 24.0. The molecule has 0 bridgehead atoms. The Morgan fingerprint density at radius 2 is 0.431 bits per heavy atom. The van der Waals surface area contributed by atoms with E-state index in [1.54, 1.807) is 0 Å². The molecule has 2 aromatic heterocycles. The molecule has 274 valence electrons. The fraction of sp³-hybridized carbons (Fsp3) is 0. The Bertz CT molecular complexity index is 2780. The van der Waals surface area contributed by atoms with Crippen molar-refractivity contribution in [3.05, 3.63) is 243 Å². The van der Waals surface area contributed by atoms with E-state index in [4.69, 9.17) is 0 Å². The molecule has 4 heteroatoms. The highest BCUT2D eigenvalue weighted by Gasteiger charge is 2.46.